The van der Waals surface area contributed by atoms with Gasteiger partial charge in [-0.1, -0.05) is 0 Å². The van der Waals surface area contributed by atoms with Crippen molar-refractivity contribution in [3.05, 3.63) is 9.67 Å². The summed E-state index contributed by atoms with van der Waals surface area (Å²) in [6, 6.07) is 0. The molecule has 0 amide bonds. The first kappa shape index (κ1) is 23.0. The van der Waals surface area contributed by atoms with Crippen LogP contribution in [0.4, 0.5) is 0 Å². The molecule has 0 aromatic carbocycles. The molecular weight excluding hydrogens is 391 g/mol. The van der Waals surface area contributed by atoms with Crippen LogP contribution in [0.5, 0.6) is 0 Å². The van der Waals surface area contributed by atoms with Crippen LogP contribution in [0, 0.1) is 5.92 Å². The average Bonchev–Trinajstić information content (AvgIpc) is 2.52. The van der Waals surface area contributed by atoms with E-state index in [4.69, 9.17) is 4.74 Å². The van der Waals surface area contributed by atoms with E-state index in [2.05, 4.69) is 40.7 Å². The van der Waals surface area contributed by atoms with Gasteiger partial charge in [0.25, 0.3) is 0 Å². The monoisotopic (exact) mass is 432 g/mol. The molecule has 0 radical (unpaired) electrons. The van der Waals surface area contributed by atoms with Crippen LogP contribution in [0.1, 0.15) is 80.1 Å². The predicted octanol–water partition coefficient (Wildman–Crippen LogP) is 6.52. The Bertz CT molecular complexity index is 326. The number of hydrogen-bond acceptors (Lipinski definition) is 2. The molecule has 0 atom stereocenters. The quantitative estimate of drug-likeness (QED) is 0.189. The molecule has 0 bridgehead atoms. The molecule has 0 aromatic heterocycles. The Morgan fingerprint density at radius 1 is 0.913 bits per heavy atom. The van der Waals surface area contributed by atoms with Crippen LogP contribution in [0.15, 0.2) is 9.67 Å². The van der Waals surface area contributed by atoms with E-state index in [9.17, 15) is 4.79 Å². The summed E-state index contributed by atoms with van der Waals surface area (Å²) < 4.78 is 10.6. The molecule has 0 spiro atoms. The Hall–Kier alpha value is 0.00870. The van der Waals surface area contributed by atoms with Crippen molar-refractivity contribution in [2.45, 2.75) is 93.4 Å². The van der Waals surface area contributed by atoms with E-state index in [-0.39, 0.29) is 5.97 Å². The number of unbranched alkanes of at least 4 members (excludes halogenated alkanes) is 3. The number of ether oxygens (including phenoxy) is 1. The van der Waals surface area contributed by atoms with Crippen molar-refractivity contribution in [3.63, 3.8) is 0 Å². The summed E-state index contributed by atoms with van der Waals surface area (Å²) in [4.78, 5) is 12.8. The Morgan fingerprint density at radius 3 is 1.65 bits per heavy atom. The maximum atomic E-state index is 12.8. The van der Waals surface area contributed by atoms with Crippen LogP contribution in [0.2, 0.25) is 13.3 Å². The zero-order valence-corrected chi connectivity index (χ0v) is 19.4. The Labute approximate surface area is 149 Å². The van der Waals surface area contributed by atoms with Crippen LogP contribution in [0.25, 0.3) is 0 Å². The van der Waals surface area contributed by atoms with Gasteiger partial charge in [0.05, 0.1) is 0 Å². The molecule has 0 heterocycles. The molecule has 0 saturated carbocycles. The number of esters is 1. The molecule has 3 heteroatoms. The number of hydrogen-bond donors (Lipinski definition) is 0. The molecule has 0 rings (SSSR count). The van der Waals surface area contributed by atoms with Crippen LogP contribution >= 0.6 is 0 Å². The molecule has 0 aromatic rings. The van der Waals surface area contributed by atoms with Gasteiger partial charge in [-0.2, -0.15) is 0 Å². The minimum atomic E-state index is -2.67. The van der Waals surface area contributed by atoms with Gasteiger partial charge in [0, 0.05) is 0 Å². The number of allylic oxidation sites excluding steroid dienone is 1. The molecule has 0 unspecified atom stereocenters. The van der Waals surface area contributed by atoms with E-state index < -0.39 is 18.4 Å². The first-order valence-corrected chi connectivity index (χ1v) is 17.3. The number of carbonyl (C=O) groups excluding carboxylic acids is 1. The van der Waals surface area contributed by atoms with Crippen LogP contribution in [-0.2, 0) is 9.53 Å². The van der Waals surface area contributed by atoms with Gasteiger partial charge in [-0.15, -0.1) is 0 Å². The summed E-state index contributed by atoms with van der Waals surface area (Å²) in [7, 11) is 0. The average molecular weight is 431 g/mol. The second kappa shape index (κ2) is 13.3. The summed E-state index contributed by atoms with van der Waals surface area (Å²) in [6.07, 6.45) is 9.79. The standard InChI is InChI=1S/C8H13O2.3C4H9.Sn/c1-4-10-8(9)6-5-7(2)3;3*1-3-4-2;/h5,7H,4H2,1-3H3;3*1,3-4H2,2H3;. The molecule has 0 aliphatic carbocycles. The summed E-state index contributed by atoms with van der Waals surface area (Å²) in [5.74, 6) is 0.440. The van der Waals surface area contributed by atoms with E-state index >= 15 is 0 Å². The molecule has 0 aliphatic rings. The van der Waals surface area contributed by atoms with Crippen molar-refractivity contribution < 1.29 is 9.53 Å². The van der Waals surface area contributed by atoms with E-state index in [1.54, 1.807) is 0 Å². The van der Waals surface area contributed by atoms with E-state index in [0.29, 0.717) is 12.5 Å². The van der Waals surface area contributed by atoms with Crippen molar-refractivity contribution >= 4 is 24.3 Å². The first-order chi connectivity index (χ1) is 11.0. The van der Waals surface area contributed by atoms with Gasteiger partial charge in [0.1, 0.15) is 0 Å². The van der Waals surface area contributed by atoms with E-state index in [1.807, 2.05) is 6.92 Å². The van der Waals surface area contributed by atoms with Gasteiger partial charge in [-0.05, 0) is 0 Å². The second-order valence-electron chi connectivity index (χ2n) is 7.14. The van der Waals surface area contributed by atoms with Gasteiger partial charge >= 0.3 is 149 Å². The van der Waals surface area contributed by atoms with Crippen LogP contribution < -0.4 is 0 Å². The Morgan fingerprint density at radius 2 is 1.35 bits per heavy atom. The van der Waals surface area contributed by atoms with Crippen molar-refractivity contribution in [2.75, 3.05) is 6.61 Å². The van der Waals surface area contributed by atoms with E-state index in [1.165, 1.54) is 55.4 Å². The van der Waals surface area contributed by atoms with Gasteiger partial charge in [-0.3, -0.25) is 0 Å². The predicted molar refractivity (Wildman–Crippen MR) is 104 cm³/mol. The van der Waals surface area contributed by atoms with Gasteiger partial charge in [0.15, 0.2) is 0 Å². The third-order valence-electron chi connectivity index (χ3n) is 4.59. The van der Waals surface area contributed by atoms with E-state index in [0.717, 1.165) is 0 Å². The number of rotatable bonds is 13. The van der Waals surface area contributed by atoms with Crippen molar-refractivity contribution in [3.8, 4) is 0 Å². The molecule has 0 fully saturated rings. The molecule has 23 heavy (non-hydrogen) atoms. The number of carbonyl (C=O) groups is 1. The fourth-order valence-corrected chi connectivity index (χ4v) is 20.0. The molecule has 136 valence electrons. The van der Waals surface area contributed by atoms with Crippen molar-refractivity contribution in [1.29, 1.82) is 0 Å². The third-order valence-corrected chi connectivity index (χ3v) is 20.1. The first-order valence-electron chi connectivity index (χ1n) is 9.86. The Kier molecular flexibility index (Phi) is 13.3. The van der Waals surface area contributed by atoms with Gasteiger partial charge in [0.2, 0.25) is 0 Å². The SMILES string of the molecule is CCC[CH2][Sn]([CH2]CCC)([CH2]CCC)/[C](=C\C(C)C)C(=O)OCC. The molecule has 0 aliphatic heterocycles. The molecule has 0 N–H and O–H groups in total. The zero-order valence-electron chi connectivity index (χ0n) is 16.5. The van der Waals surface area contributed by atoms with Gasteiger partial charge in [-0.25, -0.2) is 0 Å². The fraction of sp³-hybridized carbons (Fsp3) is 0.850. The van der Waals surface area contributed by atoms with Crippen molar-refractivity contribution in [2.24, 2.45) is 5.92 Å². The zero-order chi connectivity index (χ0) is 17.7. The molecular formula is C20H40O2Sn. The van der Waals surface area contributed by atoms with Crippen LogP contribution in [-0.4, -0.2) is 31.0 Å². The van der Waals surface area contributed by atoms with Gasteiger partial charge < -0.3 is 0 Å². The summed E-state index contributed by atoms with van der Waals surface area (Å²) >= 11 is -2.67. The fourth-order valence-electron chi connectivity index (χ4n) is 3.33. The second-order valence-corrected chi connectivity index (χ2v) is 20.3. The third kappa shape index (κ3) is 8.60. The van der Waals surface area contributed by atoms with Crippen LogP contribution in [0.3, 0.4) is 0 Å². The molecule has 2 nitrogen and oxygen atoms in total. The normalized spacial score (nSPS) is 12.7. The maximum absolute atomic E-state index is 12.8. The van der Waals surface area contributed by atoms with Crippen molar-refractivity contribution in [1.82, 2.24) is 0 Å². The molecule has 0 saturated heterocycles. The minimum absolute atomic E-state index is 0.0142. The summed E-state index contributed by atoms with van der Waals surface area (Å²) in [5.41, 5.74) is 0. The Balaban J connectivity index is 5.75. The summed E-state index contributed by atoms with van der Waals surface area (Å²) in [6.45, 7) is 13.6. The summed E-state index contributed by atoms with van der Waals surface area (Å²) in [5, 5.41) is 0. The topological polar surface area (TPSA) is 26.3 Å².